The van der Waals surface area contributed by atoms with Crippen molar-refractivity contribution in [1.82, 2.24) is 14.8 Å². The number of anilines is 2. The van der Waals surface area contributed by atoms with Crippen LogP contribution in [-0.4, -0.2) is 40.1 Å². The molecule has 1 aliphatic heterocycles. The number of nitrogens with zero attached hydrogens (tertiary/aromatic N) is 3. The van der Waals surface area contributed by atoms with Crippen molar-refractivity contribution in [2.45, 2.75) is 45.5 Å². The lowest BCUT2D eigenvalue weighted by atomic mass is 9.94. The van der Waals surface area contributed by atoms with E-state index in [9.17, 15) is 4.79 Å². The van der Waals surface area contributed by atoms with Gasteiger partial charge < -0.3 is 24.8 Å². The number of carbonyl (C=O) groups excluding carboxylic acids is 1. The van der Waals surface area contributed by atoms with E-state index in [1.807, 2.05) is 75.4 Å². The summed E-state index contributed by atoms with van der Waals surface area (Å²) in [7, 11) is 1.60. The fraction of sp³-hybridized carbons (Fsp3) is 0.281. The Bertz CT molecular complexity index is 1670. The van der Waals surface area contributed by atoms with E-state index in [0.717, 1.165) is 22.4 Å². The van der Waals surface area contributed by atoms with Crippen molar-refractivity contribution in [1.29, 1.82) is 0 Å². The lowest BCUT2D eigenvalue weighted by Crippen LogP contribution is -2.31. The number of halogens is 1. The summed E-state index contributed by atoms with van der Waals surface area (Å²) in [6, 6.07) is 18.7. The number of ether oxygens (including phenoxy) is 3. The number of benzene rings is 3. The molecule has 43 heavy (non-hydrogen) atoms. The lowest BCUT2D eigenvalue weighted by Gasteiger charge is -2.29. The normalized spacial score (nSPS) is 14.1. The number of para-hydroxylation sites is 2. The number of hydrogen-bond acceptors (Lipinski definition) is 8. The van der Waals surface area contributed by atoms with E-state index >= 15 is 0 Å². The highest BCUT2D eigenvalue weighted by atomic mass is 79.9. The molecule has 0 saturated heterocycles. The SMILES string of the molecule is CCOc1ccccc1NC(=O)C1=C(C)Nc2nc(SCC)nn2C1c1cc(Br)c(OCc2ccccc2C)c(OC)c1. The van der Waals surface area contributed by atoms with Crippen molar-refractivity contribution in [3.05, 3.63) is 93.1 Å². The standard InChI is InChI=1S/C32H34BrN5O4S/c1-6-41-25-15-11-10-14-24(25)35-30(39)27-20(4)34-31-36-32(43-7-2)37-38(31)28(27)22-16-23(33)29(26(17-22)40-5)42-18-21-13-9-8-12-19(21)3/h8-17,28H,6-7,18H2,1-5H3,(H,35,39)(H,34,36,37). The van der Waals surface area contributed by atoms with Crippen LogP contribution in [-0.2, 0) is 11.4 Å². The van der Waals surface area contributed by atoms with E-state index in [-0.39, 0.29) is 5.91 Å². The summed E-state index contributed by atoms with van der Waals surface area (Å²) in [5, 5.41) is 11.8. The first-order valence-corrected chi connectivity index (χ1v) is 15.8. The van der Waals surface area contributed by atoms with Gasteiger partial charge in [-0.2, -0.15) is 4.98 Å². The van der Waals surface area contributed by atoms with Crippen LogP contribution in [0.25, 0.3) is 0 Å². The fourth-order valence-corrected chi connectivity index (χ4v) is 6.05. The van der Waals surface area contributed by atoms with Gasteiger partial charge in [-0.1, -0.05) is 55.1 Å². The van der Waals surface area contributed by atoms with Crippen LogP contribution in [0.2, 0.25) is 0 Å². The Morgan fingerprint density at radius 3 is 2.58 bits per heavy atom. The summed E-state index contributed by atoms with van der Waals surface area (Å²) in [5.74, 6) is 2.78. The molecule has 0 aliphatic carbocycles. The Balaban J connectivity index is 1.56. The van der Waals surface area contributed by atoms with Gasteiger partial charge in [-0.3, -0.25) is 4.79 Å². The van der Waals surface area contributed by atoms with Crippen LogP contribution in [0, 0.1) is 6.92 Å². The molecule has 2 N–H and O–H groups in total. The average Bonchev–Trinajstić information content (AvgIpc) is 3.39. The lowest BCUT2D eigenvalue weighted by molar-refractivity contribution is -0.113. The zero-order valence-corrected chi connectivity index (χ0v) is 27.1. The molecule has 1 aromatic heterocycles. The third-order valence-corrected chi connectivity index (χ3v) is 8.30. The number of rotatable bonds is 11. The minimum absolute atomic E-state index is 0.289. The Hall–Kier alpha value is -3.96. The van der Waals surface area contributed by atoms with Gasteiger partial charge in [-0.05, 0) is 83.4 Å². The predicted molar refractivity (Wildman–Crippen MR) is 173 cm³/mol. The van der Waals surface area contributed by atoms with Crippen molar-refractivity contribution < 1.29 is 19.0 Å². The molecule has 2 heterocycles. The Labute approximate surface area is 264 Å². The van der Waals surface area contributed by atoms with Crippen LogP contribution in [0.5, 0.6) is 17.2 Å². The van der Waals surface area contributed by atoms with Crippen LogP contribution in [0.1, 0.15) is 43.5 Å². The van der Waals surface area contributed by atoms with Crippen LogP contribution in [0.3, 0.4) is 0 Å². The summed E-state index contributed by atoms with van der Waals surface area (Å²) in [6.45, 7) is 8.73. The third-order valence-electron chi connectivity index (χ3n) is 6.99. The van der Waals surface area contributed by atoms with Crippen molar-refractivity contribution in [3.8, 4) is 17.2 Å². The van der Waals surface area contributed by atoms with E-state index in [1.54, 1.807) is 11.8 Å². The molecule has 1 aliphatic rings. The van der Waals surface area contributed by atoms with Gasteiger partial charge >= 0.3 is 0 Å². The zero-order valence-electron chi connectivity index (χ0n) is 24.7. The van der Waals surface area contributed by atoms with Gasteiger partial charge in [0, 0.05) is 5.70 Å². The summed E-state index contributed by atoms with van der Waals surface area (Å²) in [4.78, 5) is 18.7. The van der Waals surface area contributed by atoms with Gasteiger partial charge in [0.1, 0.15) is 18.4 Å². The second kappa shape index (κ2) is 13.6. The minimum atomic E-state index is -0.607. The van der Waals surface area contributed by atoms with Crippen molar-refractivity contribution in [2.24, 2.45) is 0 Å². The number of methoxy groups -OCH3 is 1. The van der Waals surface area contributed by atoms with Crippen molar-refractivity contribution in [3.63, 3.8) is 0 Å². The van der Waals surface area contributed by atoms with Gasteiger partial charge in [0.05, 0.1) is 29.4 Å². The largest absolute Gasteiger partial charge is 0.493 e. The highest BCUT2D eigenvalue weighted by Crippen LogP contribution is 2.43. The highest BCUT2D eigenvalue weighted by molar-refractivity contribution is 9.10. The van der Waals surface area contributed by atoms with Crippen molar-refractivity contribution in [2.75, 3.05) is 30.1 Å². The first kappa shape index (κ1) is 30.5. The number of allylic oxidation sites excluding steroid dienone is 1. The number of fused-ring (bicyclic) bond motifs is 1. The summed E-state index contributed by atoms with van der Waals surface area (Å²) in [6.07, 6.45) is 0. The zero-order chi connectivity index (χ0) is 30.5. The number of nitrogens with one attached hydrogen (secondary N) is 2. The quantitative estimate of drug-likeness (QED) is 0.160. The van der Waals surface area contributed by atoms with Gasteiger partial charge in [-0.25, -0.2) is 4.68 Å². The molecule has 224 valence electrons. The van der Waals surface area contributed by atoms with Crippen LogP contribution in [0.15, 0.2) is 81.6 Å². The monoisotopic (exact) mass is 663 g/mol. The number of amides is 1. The Morgan fingerprint density at radius 1 is 1.07 bits per heavy atom. The number of hydrogen-bond donors (Lipinski definition) is 2. The van der Waals surface area contributed by atoms with Gasteiger partial charge in [-0.15, -0.1) is 5.10 Å². The molecule has 3 aromatic carbocycles. The van der Waals surface area contributed by atoms with E-state index in [0.29, 0.717) is 63.0 Å². The number of aryl methyl sites for hydroxylation is 1. The molecule has 0 bridgehead atoms. The molecule has 1 amide bonds. The van der Waals surface area contributed by atoms with Crippen LogP contribution < -0.4 is 24.8 Å². The molecular weight excluding hydrogens is 630 g/mol. The summed E-state index contributed by atoms with van der Waals surface area (Å²) in [5.41, 5.74) is 4.73. The molecule has 0 saturated carbocycles. The van der Waals surface area contributed by atoms with Gasteiger partial charge in [0.25, 0.3) is 5.91 Å². The molecule has 1 unspecified atom stereocenters. The van der Waals surface area contributed by atoms with Crippen molar-refractivity contribution >= 4 is 45.2 Å². The second-order valence-corrected chi connectivity index (χ2v) is 11.9. The molecule has 0 radical (unpaired) electrons. The van der Waals surface area contributed by atoms with E-state index in [4.69, 9.17) is 19.3 Å². The molecular formula is C32H34BrN5O4S. The smallest absolute Gasteiger partial charge is 0.255 e. The van der Waals surface area contributed by atoms with Gasteiger partial charge in [0.15, 0.2) is 11.5 Å². The Morgan fingerprint density at radius 2 is 1.84 bits per heavy atom. The van der Waals surface area contributed by atoms with E-state index in [2.05, 4.69) is 44.5 Å². The fourth-order valence-electron chi connectivity index (χ4n) is 4.92. The highest BCUT2D eigenvalue weighted by Gasteiger charge is 2.35. The summed E-state index contributed by atoms with van der Waals surface area (Å²) >= 11 is 5.25. The summed E-state index contributed by atoms with van der Waals surface area (Å²) < 4.78 is 20.3. The first-order chi connectivity index (χ1) is 20.8. The molecule has 0 spiro atoms. The second-order valence-electron chi connectivity index (χ2n) is 9.79. The average molecular weight is 665 g/mol. The van der Waals surface area contributed by atoms with E-state index < -0.39 is 6.04 Å². The van der Waals surface area contributed by atoms with E-state index in [1.165, 1.54) is 11.8 Å². The number of carbonyl (C=O) groups is 1. The Kier molecular flexibility index (Phi) is 9.62. The van der Waals surface area contributed by atoms with Gasteiger partial charge in [0.2, 0.25) is 11.1 Å². The predicted octanol–water partition coefficient (Wildman–Crippen LogP) is 7.37. The number of aromatic nitrogens is 3. The molecule has 1 atom stereocenters. The number of thioether (sulfide) groups is 1. The third kappa shape index (κ3) is 6.52. The van der Waals surface area contributed by atoms with Crippen LogP contribution >= 0.6 is 27.7 Å². The maximum absolute atomic E-state index is 14.1. The van der Waals surface area contributed by atoms with Crippen LogP contribution in [0.4, 0.5) is 11.6 Å². The first-order valence-electron chi connectivity index (χ1n) is 14.0. The maximum Gasteiger partial charge on any atom is 0.255 e. The minimum Gasteiger partial charge on any atom is -0.493 e. The molecule has 4 aromatic rings. The molecule has 9 nitrogen and oxygen atoms in total. The molecule has 5 rings (SSSR count). The molecule has 0 fully saturated rings. The molecule has 11 heteroatoms. The maximum atomic E-state index is 14.1. The topological polar surface area (TPSA) is 99.5 Å².